The third-order valence-electron chi connectivity index (χ3n) is 6.73. The minimum atomic E-state index is 0.0714. The second kappa shape index (κ2) is 7.59. The topological polar surface area (TPSA) is 90.9 Å². The van der Waals surface area contributed by atoms with E-state index in [2.05, 4.69) is 19.9 Å². The molecule has 1 amide bonds. The van der Waals surface area contributed by atoms with E-state index >= 15 is 0 Å². The van der Waals surface area contributed by atoms with E-state index in [1.165, 1.54) is 12.8 Å². The zero-order valence-corrected chi connectivity index (χ0v) is 17.6. The Morgan fingerprint density at radius 2 is 1.84 bits per heavy atom. The first-order chi connectivity index (χ1) is 15.2. The zero-order valence-electron chi connectivity index (χ0n) is 17.6. The van der Waals surface area contributed by atoms with Crippen molar-refractivity contribution in [1.29, 1.82) is 0 Å². The van der Waals surface area contributed by atoms with Gasteiger partial charge in [0.15, 0.2) is 11.5 Å². The summed E-state index contributed by atoms with van der Waals surface area (Å²) in [7, 11) is 0. The van der Waals surface area contributed by atoms with E-state index in [1.807, 2.05) is 23.2 Å². The molecule has 1 unspecified atom stereocenters. The predicted octanol–water partition coefficient (Wildman–Crippen LogP) is 3.13. The van der Waals surface area contributed by atoms with Crippen molar-refractivity contribution >= 4 is 22.9 Å². The number of piperidine rings is 1. The molecule has 3 aromatic heterocycles. The number of carbonyl (C=O) groups is 1. The van der Waals surface area contributed by atoms with E-state index in [4.69, 9.17) is 9.97 Å². The van der Waals surface area contributed by atoms with Gasteiger partial charge in [-0.3, -0.25) is 9.78 Å². The zero-order chi connectivity index (χ0) is 20.8. The number of fused-ring (bicyclic) bond motifs is 1. The largest absolute Gasteiger partial charge is 0.356 e. The highest BCUT2D eigenvalue weighted by atomic mass is 16.2. The number of likely N-dealkylation sites (tertiary alicyclic amines) is 1. The summed E-state index contributed by atoms with van der Waals surface area (Å²) in [5.74, 6) is 2.55. The minimum absolute atomic E-state index is 0.0714. The Morgan fingerprint density at radius 1 is 0.968 bits per heavy atom. The number of aromatic amines is 1. The van der Waals surface area contributed by atoms with Gasteiger partial charge in [0.25, 0.3) is 0 Å². The molecule has 0 radical (unpaired) electrons. The summed E-state index contributed by atoms with van der Waals surface area (Å²) >= 11 is 0. The van der Waals surface area contributed by atoms with Gasteiger partial charge in [-0.2, -0.15) is 0 Å². The Labute approximate surface area is 181 Å². The SMILES string of the molecule is O=C(C1CCCN(c2ccc3nc(-c4cncc(C5CC5)n4)[nH]c3n2)C1)N1CCCC1. The molecule has 160 valence electrons. The van der Waals surface area contributed by atoms with E-state index in [0.29, 0.717) is 17.6 Å². The maximum Gasteiger partial charge on any atom is 0.227 e. The Bertz CT molecular complexity index is 1120. The van der Waals surface area contributed by atoms with Crippen LogP contribution in [0.3, 0.4) is 0 Å². The number of hydrogen-bond donors (Lipinski definition) is 1. The van der Waals surface area contributed by atoms with Crippen LogP contribution in [0, 0.1) is 5.92 Å². The van der Waals surface area contributed by atoms with Gasteiger partial charge in [-0.25, -0.2) is 15.0 Å². The second-order valence-corrected chi connectivity index (χ2v) is 9.04. The van der Waals surface area contributed by atoms with Crippen LogP contribution in [0.25, 0.3) is 22.7 Å². The second-order valence-electron chi connectivity index (χ2n) is 9.04. The average molecular weight is 418 g/mol. The lowest BCUT2D eigenvalue weighted by molar-refractivity contribution is -0.134. The lowest BCUT2D eigenvalue weighted by Crippen LogP contribution is -2.44. The monoisotopic (exact) mass is 417 g/mol. The van der Waals surface area contributed by atoms with Gasteiger partial charge in [0.05, 0.1) is 17.8 Å². The Morgan fingerprint density at radius 3 is 2.68 bits per heavy atom. The summed E-state index contributed by atoms with van der Waals surface area (Å²) in [5, 5.41) is 0. The van der Waals surface area contributed by atoms with Crippen LogP contribution in [-0.2, 0) is 4.79 Å². The van der Waals surface area contributed by atoms with E-state index < -0.39 is 0 Å². The van der Waals surface area contributed by atoms with Crippen molar-refractivity contribution < 1.29 is 4.79 Å². The van der Waals surface area contributed by atoms with Crippen LogP contribution < -0.4 is 4.90 Å². The van der Waals surface area contributed by atoms with E-state index in [0.717, 1.165) is 80.2 Å². The standard InChI is InChI=1S/C23H27N7O/c31-23(29-9-1-2-10-29)16-4-3-11-30(14-16)20-8-7-17-21(27-20)28-22(26-17)19-13-24-12-18(25-19)15-5-6-15/h7-8,12-13,15-16H,1-6,9-11,14H2,(H,26,27,28). The highest BCUT2D eigenvalue weighted by Crippen LogP contribution is 2.39. The number of nitrogens with zero attached hydrogens (tertiary/aromatic N) is 6. The molecule has 1 N–H and O–H groups in total. The van der Waals surface area contributed by atoms with Crippen LogP contribution in [0.1, 0.15) is 50.1 Å². The molecule has 3 aromatic rings. The number of anilines is 1. The first kappa shape index (κ1) is 18.7. The minimum Gasteiger partial charge on any atom is -0.356 e. The predicted molar refractivity (Wildman–Crippen MR) is 118 cm³/mol. The van der Waals surface area contributed by atoms with Gasteiger partial charge >= 0.3 is 0 Å². The third kappa shape index (κ3) is 3.64. The van der Waals surface area contributed by atoms with Crippen molar-refractivity contribution in [2.24, 2.45) is 5.92 Å². The molecule has 8 heteroatoms. The summed E-state index contributed by atoms with van der Waals surface area (Å²) < 4.78 is 0. The average Bonchev–Trinajstić information content (AvgIpc) is 3.35. The summed E-state index contributed by atoms with van der Waals surface area (Å²) in [4.78, 5) is 39.1. The Balaban J connectivity index is 1.23. The van der Waals surface area contributed by atoms with Crippen molar-refractivity contribution in [3.8, 4) is 11.5 Å². The van der Waals surface area contributed by atoms with Crippen molar-refractivity contribution in [1.82, 2.24) is 29.8 Å². The summed E-state index contributed by atoms with van der Waals surface area (Å²) in [6.07, 6.45) is 10.3. The fourth-order valence-corrected chi connectivity index (χ4v) is 4.84. The number of amides is 1. The maximum absolute atomic E-state index is 12.9. The molecule has 1 aliphatic carbocycles. The molecule has 1 saturated carbocycles. The van der Waals surface area contributed by atoms with Gasteiger partial charge in [-0.1, -0.05) is 0 Å². The maximum atomic E-state index is 12.9. The van der Waals surface area contributed by atoms with Crippen molar-refractivity contribution in [3.05, 3.63) is 30.2 Å². The molecule has 3 aliphatic rings. The normalized spacial score (nSPS) is 21.7. The summed E-state index contributed by atoms with van der Waals surface area (Å²) in [6.45, 7) is 3.50. The van der Waals surface area contributed by atoms with Crippen molar-refractivity contribution in [2.75, 3.05) is 31.1 Å². The van der Waals surface area contributed by atoms with E-state index in [-0.39, 0.29) is 5.92 Å². The van der Waals surface area contributed by atoms with Gasteiger partial charge in [-0.15, -0.1) is 0 Å². The third-order valence-corrected chi connectivity index (χ3v) is 6.73. The van der Waals surface area contributed by atoms with Gasteiger partial charge in [0.1, 0.15) is 17.0 Å². The Kier molecular flexibility index (Phi) is 4.58. The molecule has 3 fully saturated rings. The molecule has 0 aromatic carbocycles. The molecule has 0 bridgehead atoms. The molecule has 6 rings (SSSR count). The molecule has 0 spiro atoms. The van der Waals surface area contributed by atoms with Crippen LogP contribution in [0.5, 0.6) is 0 Å². The van der Waals surface area contributed by atoms with Crippen LogP contribution in [-0.4, -0.2) is 61.9 Å². The number of imidazole rings is 1. The lowest BCUT2D eigenvalue weighted by Gasteiger charge is -2.34. The molecule has 5 heterocycles. The quantitative estimate of drug-likeness (QED) is 0.701. The number of hydrogen-bond acceptors (Lipinski definition) is 6. The van der Waals surface area contributed by atoms with E-state index in [9.17, 15) is 4.79 Å². The van der Waals surface area contributed by atoms with Crippen LogP contribution in [0.4, 0.5) is 5.82 Å². The highest BCUT2D eigenvalue weighted by molar-refractivity contribution is 5.80. The molecule has 2 aliphatic heterocycles. The Hall–Kier alpha value is -3.03. The number of nitrogens with one attached hydrogen (secondary N) is 1. The molecule has 2 saturated heterocycles. The number of pyridine rings is 1. The summed E-state index contributed by atoms with van der Waals surface area (Å²) in [6, 6.07) is 4.02. The van der Waals surface area contributed by atoms with Gasteiger partial charge in [0, 0.05) is 38.3 Å². The van der Waals surface area contributed by atoms with E-state index in [1.54, 1.807) is 6.20 Å². The number of rotatable bonds is 4. The molecule has 31 heavy (non-hydrogen) atoms. The van der Waals surface area contributed by atoms with Gasteiger partial charge in [0.2, 0.25) is 5.91 Å². The highest BCUT2D eigenvalue weighted by Gasteiger charge is 2.31. The van der Waals surface area contributed by atoms with Gasteiger partial charge in [-0.05, 0) is 50.7 Å². The van der Waals surface area contributed by atoms with Crippen molar-refractivity contribution in [2.45, 2.75) is 44.4 Å². The fourth-order valence-electron chi connectivity index (χ4n) is 4.84. The fraction of sp³-hybridized carbons (Fsp3) is 0.522. The lowest BCUT2D eigenvalue weighted by atomic mass is 9.96. The molecular formula is C23H27N7O. The number of carbonyl (C=O) groups excluding carboxylic acids is 1. The van der Waals surface area contributed by atoms with Crippen LogP contribution >= 0.6 is 0 Å². The molecule has 1 atom stereocenters. The van der Waals surface area contributed by atoms with Crippen molar-refractivity contribution in [3.63, 3.8) is 0 Å². The first-order valence-electron chi connectivity index (χ1n) is 11.5. The van der Waals surface area contributed by atoms with Crippen LogP contribution in [0.15, 0.2) is 24.5 Å². The van der Waals surface area contributed by atoms with Crippen LogP contribution in [0.2, 0.25) is 0 Å². The smallest absolute Gasteiger partial charge is 0.227 e. The number of H-pyrrole nitrogens is 1. The van der Waals surface area contributed by atoms with Gasteiger partial charge < -0.3 is 14.8 Å². The molecule has 8 nitrogen and oxygen atoms in total. The number of aromatic nitrogens is 5. The first-order valence-corrected chi connectivity index (χ1v) is 11.5. The summed E-state index contributed by atoms with van der Waals surface area (Å²) in [5.41, 5.74) is 3.38. The molecular weight excluding hydrogens is 390 g/mol.